The molecule has 0 bridgehead atoms. The molecule has 6 heteroatoms. The Morgan fingerprint density at radius 1 is 1.04 bits per heavy atom. The Labute approximate surface area is 149 Å². The second kappa shape index (κ2) is 7.65. The summed E-state index contributed by atoms with van der Waals surface area (Å²) in [6.45, 7) is 1.81. The number of ether oxygens (including phenoxy) is 2. The number of rotatable bonds is 5. The summed E-state index contributed by atoms with van der Waals surface area (Å²) in [5.41, 5.74) is 0.0694. The Bertz CT molecular complexity index is 1000. The molecule has 0 N–H and O–H groups in total. The van der Waals surface area contributed by atoms with Gasteiger partial charge in [0.15, 0.2) is 0 Å². The van der Waals surface area contributed by atoms with Crippen molar-refractivity contribution in [1.82, 2.24) is 0 Å². The minimum Gasteiger partial charge on any atom is -0.461 e. The first-order chi connectivity index (χ1) is 12.6. The average Bonchev–Trinajstić information content (AvgIpc) is 2.66. The maximum atomic E-state index is 12.3. The highest BCUT2D eigenvalue weighted by Crippen LogP contribution is 2.18. The SMILES string of the molecule is CCC(=O)OCc1ccc2oc(=O)c(C(=O)Oc3ccccc3)cc2c1. The van der Waals surface area contributed by atoms with Crippen molar-refractivity contribution in [2.24, 2.45) is 0 Å². The van der Waals surface area contributed by atoms with Gasteiger partial charge in [0.25, 0.3) is 0 Å². The number of carbonyl (C=O) groups excluding carboxylic acids is 2. The lowest BCUT2D eigenvalue weighted by Crippen LogP contribution is -2.18. The van der Waals surface area contributed by atoms with E-state index in [1.54, 1.807) is 55.5 Å². The molecule has 0 atom stereocenters. The van der Waals surface area contributed by atoms with E-state index in [1.807, 2.05) is 0 Å². The summed E-state index contributed by atoms with van der Waals surface area (Å²) in [7, 11) is 0. The van der Waals surface area contributed by atoms with Gasteiger partial charge >= 0.3 is 17.6 Å². The molecule has 132 valence electrons. The average molecular weight is 352 g/mol. The minimum absolute atomic E-state index is 0.103. The van der Waals surface area contributed by atoms with E-state index >= 15 is 0 Å². The van der Waals surface area contributed by atoms with Crippen molar-refractivity contribution < 1.29 is 23.5 Å². The van der Waals surface area contributed by atoms with Gasteiger partial charge in [0.1, 0.15) is 23.5 Å². The first-order valence-electron chi connectivity index (χ1n) is 8.06. The number of hydrogen-bond donors (Lipinski definition) is 0. The molecule has 0 aliphatic rings. The number of esters is 2. The molecule has 3 aromatic rings. The maximum Gasteiger partial charge on any atom is 0.351 e. The topological polar surface area (TPSA) is 82.8 Å². The number of carbonyl (C=O) groups is 2. The quantitative estimate of drug-likeness (QED) is 0.397. The Morgan fingerprint density at radius 3 is 2.54 bits per heavy atom. The van der Waals surface area contributed by atoms with Gasteiger partial charge in [-0.15, -0.1) is 0 Å². The highest BCUT2D eigenvalue weighted by atomic mass is 16.5. The van der Waals surface area contributed by atoms with Crippen LogP contribution >= 0.6 is 0 Å². The normalized spacial score (nSPS) is 10.5. The second-order valence-electron chi connectivity index (χ2n) is 5.54. The van der Waals surface area contributed by atoms with Gasteiger partial charge in [0.2, 0.25) is 0 Å². The van der Waals surface area contributed by atoms with Gasteiger partial charge in [-0.25, -0.2) is 9.59 Å². The van der Waals surface area contributed by atoms with Crippen LogP contribution in [-0.2, 0) is 16.1 Å². The van der Waals surface area contributed by atoms with E-state index < -0.39 is 11.6 Å². The molecule has 1 aromatic heterocycles. The summed E-state index contributed by atoms with van der Waals surface area (Å²) in [4.78, 5) is 35.6. The number of para-hydroxylation sites is 1. The highest BCUT2D eigenvalue weighted by molar-refractivity contribution is 5.94. The molecule has 0 aliphatic heterocycles. The van der Waals surface area contributed by atoms with Crippen LogP contribution < -0.4 is 10.4 Å². The third kappa shape index (κ3) is 3.97. The molecule has 0 unspecified atom stereocenters. The zero-order valence-corrected chi connectivity index (χ0v) is 14.1. The van der Waals surface area contributed by atoms with E-state index in [2.05, 4.69) is 0 Å². The molecular weight excluding hydrogens is 336 g/mol. The molecule has 0 saturated heterocycles. The molecule has 3 rings (SSSR count). The predicted molar refractivity (Wildman–Crippen MR) is 94.0 cm³/mol. The fourth-order valence-corrected chi connectivity index (χ4v) is 2.32. The molecule has 1 heterocycles. The Kier molecular flexibility index (Phi) is 5.12. The molecule has 0 radical (unpaired) electrons. The van der Waals surface area contributed by atoms with Crippen molar-refractivity contribution in [3.05, 3.63) is 76.1 Å². The van der Waals surface area contributed by atoms with Crippen molar-refractivity contribution in [3.8, 4) is 5.75 Å². The Morgan fingerprint density at radius 2 is 1.81 bits per heavy atom. The maximum absolute atomic E-state index is 12.3. The lowest BCUT2D eigenvalue weighted by molar-refractivity contribution is -0.144. The van der Waals surface area contributed by atoms with Gasteiger partial charge in [-0.2, -0.15) is 0 Å². The molecule has 0 saturated carbocycles. The van der Waals surface area contributed by atoms with Crippen LogP contribution in [0.15, 0.2) is 63.8 Å². The van der Waals surface area contributed by atoms with Crippen molar-refractivity contribution in [2.75, 3.05) is 0 Å². The van der Waals surface area contributed by atoms with Crippen LogP contribution in [0.3, 0.4) is 0 Å². The van der Waals surface area contributed by atoms with Crippen LogP contribution in [0.4, 0.5) is 0 Å². The fourth-order valence-electron chi connectivity index (χ4n) is 2.32. The molecule has 0 amide bonds. The lowest BCUT2D eigenvalue weighted by Gasteiger charge is -2.06. The van der Waals surface area contributed by atoms with Crippen LogP contribution in [0.25, 0.3) is 11.0 Å². The van der Waals surface area contributed by atoms with Crippen molar-refractivity contribution in [3.63, 3.8) is 0 Å². The van der Waals surface area contributed by atoms with Gasteiger partial charge in [-0.1, -0.05) is 31.2 Å². The van der Waals surface area contributed by atoms with Crippen LogP contribution in [0, 0.1) is 0 Å². The summed E-state index contributed by atoms with van der Waals surface area (Å²) in [6, 6.07) is 14.8. The zero-order valence-electron chi connectivity index (χ0n) is 14.1. The van der Waals surface area contributed by atoms with Gasteiger partial charge < -0.3 is 13.9 Å². The Hall–Kier alpha value is -3.41. The summed E-state index contributed by atoms with van der Waals surface area (Å²) in [5.74, 6) is -0.774. The minimum atomic E-state index is -0.797. The van der Waals surface area contributed by atoms with Gasteiger partial charge in [0.05, 0.1) is 0 Å². The molecular formula is C20H16O6. The summed E-state index contributed by atoms with van der Waals surface area (Å²) in [6.07, 6.45) is 0.290. The highest BCUT2D eigenvalue weighted by Gasteiger charge is 2.16. The fraction of sp³-hybridized carbons (Fsp3) is 0.150. The summed E-state index contributed by atoms with van der Waals surface area (Å²) in [5, 5.41) is 0.537. The van der Waals surface area contributed by atoms with Gasteiger partial charge in [-0.05, 0) is 35.9 Å². The van der Waals surface area contributed by atoms with E-state index in [0.717, 1.165) is 5.56 Å². The molecule has 6 nitrogen and oxygen atoms in total. The van der Waals surface area contributed by atoms with E-state index in [0.29, 0.717) is 16.7 Å². The zero-order chi connectivity index (χ0) is 18.5. The van der Waals surface area contributed by atoms with E-state index in [1.165, 1.54) is 6.07 Å². The van der Waals surface area contributed by atoms with E-state index in [4.69, 9.17) is 13.9 Å². The van der Waals surface area contributed by atoms with E-state index in [-0.39, 0.29) is 24.6 Å². The van der Waals surface area contributed by atoms with Crippen LogP contribution in [-0.4, -0.2) is 11.9 Å². The van der Waals surface area contributed by atoms with Crippen LogP contribution in [0.5, 0.6) is 5.75 Å². The summed E-state index contributed by atoms with van der Waals surface area (Å²) >= 11 is 0. The smallest absolute Gasteiger partial charge is 0.351 e. The molecule has 26 heavy (non-hydrogen) atoms. The number of hydrogen-bond acceptors (Lipinski definition) is 6. The third-order valence-electron chi connectivity index (χ3n) is 3.66. The monoisotopic (exact) mass is 352 g/mol. The van der Waals surface area contributed by atoms with Crippen molar-refractivity contribution in [2.45, 2.75) is 20.0 Å². The van der Waals surface area contributed by atoms with Crippen molar-refractivity contribution in [1.29, 1.82) is 0 Å². The lowest BCUT2D eigenvalue weighted by atomic mass is 10.1. The second-order valence-corrected chi connectivity index (χ2v) is 5.54. The largest absolute Gasteiger partial charge is 0.461 e. The first kappa shape index (κ1) is 17.4. The molecule has 0 spiro atoms. The predicted octanol–water partition coefficient (Wildman–Crippen LogP) is 3.47. The number of benzene rings is 2. The standard InChI is InChI=1S/C20H16O6/c1-2-18(21)24-12-13-8-9-17-14(10-13)11-16(20(23)26-17)19(22)25-15-6-4-3-5-7-15/h3-11H,2,12H2,1H3. The van der Waals surface area contributed by atoms with E-state index in [9.17, 15) is 14.4 Å². The third-order valence-corrected chi connectivity index (χ3v) is 3.66. The summed E-state index contributed by atoms with van der Waals surface area (Å²) < 4.78 is 15.5. The Balaban J connectivity index is 1.88. The molecule has 0 fully saturated rings. The first-order valence-corrected chi connectivity index (χ1v) is 8.06. The van der Waals surface area contributed by atoms with Crippen molar-refractivity contribution >= 4 is 22.9 Å². The van der Waals surface area contributed by atoms with Gasteiger partial charge in [0, 0.05) is 11.8 Å². The van der Waals surface area contributed by atoms with Gasteiger partial charge in [-0.3, -0.25) is 4.79 Å². The molecule has 2 aromatic carbocycles. The number of fused-ring (bicyclic) bond motifs is 1. The van der Waals surface area contributed by atoms with Crippen LogP contribution in [0.2, 0.25) is 0 Å². The van der Waals surface area contributed by atoms with Crippen LogP contribution in [0.1, 0.15) is 29.3 Å². The molecule has 0 aliphatic carbocycles.